The minimum atomic E-state index is -1.14. The Morgan fingerprint density at radius 3 is 2.34 bits per heavy atom. The number of hydrogen-bond acceptors (Lipinski definition) is 5. The number of aromatic hydroxyl groups is 1. The predicted molar refractivity (Wildman–Crippen MR) is 141 cm³/mol. The molecule has 1 amide bonds. The number of rotatable bonds is 8. The molecular weight excluding hydrogens is 453 g/mol. The van der Waals surface area contributed by atoms with Crippen LogP contribution in [0.25, 0.3) is 11.1 Å². The zero-order valence-corrected chi connectivity index (χ0v) is 19.2. The Morgan fingerprint density at radius 2 is 1.66 bits per heavy atom. The maximum absolute atomic E-state index is 13.1. The minimum absolute atomic E-state index is 0. The fourth-order valence-electron chi connectivity index (χ4n) is 4.20. The summed E-state index contributed by atoms with van der Waals surface area (Å²) in [6, 6.07) is 19.2. The van der Waals surface area contributed by atoms with Gasteiger partial charge in [-0.25, -0.2) is 4.79 Å². The molecule has 3 aromatic rings. The van der Waals surface area contributed by atoms with Gasteiger partial charge in [0, 0.05) is 25.8 Å². The summed E-state index contributed by atoms with van der Waals surface area (Å²) < 4.78 is 0. The van der Waals surface area contributed by atoms with E-state index in [2.05, 4.69) is 10.2 Å². The molecule has 0 saturated carbocycles. The third kappa shape index (κ3) is 6.64. The van der Waals surface area contributed by atoms with Crippen LogP contribution in [0.5, 0.6) is 5.75 Å². The number of likely N-dealkylation sites (N-methyl/N-ethyl adjacent to an activating group) is 1. The van der Waals surface area contributed by atoms with Crippen LogP contribution in [-0.2, 0) is 0 Å². The summed E-state index contributed by atoms with van der Waals surface area (Å²) in [4.78, 5) is 29.3. The van der Waals surface area contributed by atoms with E-state index in [1.807, 2.05) is 42.3 Å². The summed E-state index contributed by atoms with van der Waals surface area (Å²) in [5.74, 6) is -1.88. The van der Waals surface area contributed by atoms with Gasteiger partial charge in [0.2, 0.25) is 0 Å². The van der Waals surface area contributed by atoms with Crippen LogP contribution in [0.15, 0.2) is 66.7 Å². The molecule has 0 bridgehead atoms. The molecule has 0 aliphatic carbocycles. The first-order valence-electron chi connectivity index (χ1n) is 11.4. The molecule has 1 saturated heterocycles. The van der Waals surface area contributed by atoms with Gasteiger partial charge in [0.1, 0.15) is 5.75 Å². The number of nitrogens with one attached hydrogen (secondary N) is 1. The number of benzene rings is 3. The molecule has 7 nitrogen and oxygen atoms in total. The van der Waals surface area contributed by atoms with Crippen molar-refractivity contribution in [2.45, 2.75) is 12.8 Å². The van der Waals surface area contributed by atoms with Crippen molar-refractivity contribution in [2.24, 2.45) is 0 Å². The first-order valence-corrected chi connectivity index (χ1v) is 11.4. The Hall–Kier alpha value is -2.84. The summed E-state index contributed by atoms with van der Waals surface area (Å²) in [5, 5.41) is 22.7. The summed E-state index contributed by atoms with van der Waals surface area (Å²) in [7, 11) is 1.95. The zero-order chi connectivity index (χ0) is 24.1. The number of amides is 1. The van der Waals surface area contributed by atoms with Crippen molar-refractivity contribution in [1.82, 2.24) is 4.90 Å². The van der Waals surface area contributed by atoms with Crippen molar-refractivity contribution in [3.63, 3.8) is 0 Å². The number of carboxylic acid groups (broad SMARTS) is 1. The third-order valence-electron chi connectivity index (χ3n) is 6.22. The number of likely N-dealkylation sites (tertiary alicyclic amines) is 1. The predicted octanol–water partition coefficient (Wildman–Crippen LogP) is 3.89. The molecule has 1 fully saturated rings. The summed E-state index contributed by atoms with van der Waals surface area (Å²) in [5.41, 5.74) is 2.72. The van der Waals surface area contributed by atoms with Crippen molar-refractivity contribution in [1.29, 1.82) is 0 Å². The summed E-state index contributed by atoms with van der Waals surface area (Å²) in [6.07, 6.45) is 2.47. The first kappa shape index (κ1) is 26.8. The van der Waals surface area contributed by atoms with Crippen LogP contribution in [-0.4, -0.2) is 89.8 Å². The molecule has 3 aromatic carbocycles. The van der Waals surface area contributed by atoms with Crippen LogP contribution in [0.4, 0.5) is 11.4 Å². The molecule has 0 aromatic heterocycles. The van der Waals surface area contributed by atoms with Crippen LogP contribution in [0.2, 0.25) is 0 Å². The van der Waals surface area contributed by atoms with E-state index in [9.17, 15) is 19.8 Å². The van der Waals surface area contributed by atoms with E-state index in [4.69, 9.17) is 0 Å². The Labute approximate surface area is 227 Å². The van der Waals surface area contributed by atoms with Crippen molar-refractivity contribution in [3.8, 4) is 16.9 Å². The third-order valence-corrected chi connectivity index (χ3v) is 6.22. The molecule has 4 rings (SSSR count). The molecule has 0 unspecified atom stereocenters. The molecule has 35 heavy (non-hydrogen) atoms. The monoisotopic (exact) mass is 483 g/mol. The molecule has 0 radical (unpaired) electrons. The first-order chi connectivity index (χ1) is 16.4. The second-order valence-corrected chi connectivity index (χ2v) is 8.56. The SMILES string of the molecule is CN(CCN1CCCC1)c1ccc(O)c(C(=O)Nc2cc(-c3ccccc3)ccc2C(=O)O)c1.[NaH]. The van der Waals surface area contributed by atoms with Crippen LogP contribution >= 0.6 is 0 Å². The number of nitrogens with zero attached hydrogens (tertiary/aromatic N) is 2. The number of carbonyl (C=O) groups is 2. The van der Waals surface area contributed by atoms with E-state index in [0.717, 1.165) is 43.0 Å². The Balaban J connectivity index is 0.00000342. The molecule has 178 valence electrons. The van der Waals surface area contributed by atoms with Crippen molar-refractivity contribution in [3.05, 3.63) is 77.9 Å². The summed E-state index contributed by atoms with van der Waals surface area (Å²) >= 11 is 0. The maximum atomic E-state index is 13.1. The van der Waals surface area contributed by atoms with E-state index in [-0.39, 0.29) is 52.1 Å². The van der Waals surface area contributed by atoms with Crippen molar-refractivity contribution < 1.29 is 19.8 Å². The molecule has 3 N–H and O–H groups in total. The molecule has 1 aliphatic heterocycles. The Bertz CT molecular complexity index is 1180. The van der Waals surface area contributed by atoms with Gasteiger partial charge >= 0.3 is 35.5 Å². The van der Waals surface area contributed by atoms with E-state index >= 15 is 0 Å². The van der Waals surface area contributed by atoms with Gasteiger partial charge in [-0.1, -0.05) is 36.4 Å². The second kappa shape index (κ2) is 12.2. The normalized spacial score (nSPS) is 13.2. The van der Waals surface area contributed by atoms with Crippen LogP contribution in [0.1, 0.15) is 33.6 Å². The average Bonchev–Trinajstić information content (AvgIpc) is 3.37. The van der Waals surface area contributed by atoms with Gasteiger partial charge in [0.15, 0.2) is 0 Å². The molecule has 0 atom stereocenters. The van der Waals surface area contributed by atoms with E-state index in [1.165, 1.54) is 25.0 Å². The van der Waals surface area contributed by atoms with Crippen molar-refractivity contribution >= 4 is 52.8 Å². The Kier molecular flexibility index (Phi) is 9.34. The van der Waals surface area contributed by atoms with Gasteiger partial charge < -0.3 is 25.3 Å². The number of anilines is 2. The molecule has 8 heteroatoms. The van der Waals surface area contributed by atoms with E-state index < -0.39 is 11.9 Å². The number of phenols is 1. The molecule has 1 heterocycles. The van der Waals surface area contributed by atoms with Gasteiger partial charge in [-0.3, -0.25) is 4.79 Å². The molecule has 0 spiro atoms. The Morgan fingerprint density at radius 1 is 0.943 bits per heavy atom. The number of aromatic carboxylic acids is 1. The fourth-order valence-corrected chi connectivity index (χ4v) is 4.20. The van der Waals surface area contributed by atoms with Crippen LogP contribution in [0, 0.1) is 0 Å². The average molecular weight is 484 g/mol. The number of carboxylic acids is 1. The molecule has 1 aliphatic rings. The number of carbonyl (C=O) groups excluding carboxylic acids is 1. The van der Waals surface area contributed by atoms with Crippen LogP contribution in [0.3, 0.4) is 0 Å². The zero-order valence-electron chi connectivity index (χ0n) is 19.2. The van der Waals surface area contributed by atoms with E-state index in [0.29, 0.717) is 0 Å². The van der Waals surface area contributed by atoms with Crippen molar-refractivity contribution in [2.75, 3.05) is 43.4 Å². The van der Waals surface area contributed by atoms with Gasteiger partial charge in [0.25, 0.3) is 5.91 Å². The van der Waals surface area contributed by atoms with Crippen LogP contribution < -0.4 is 10.2 Å². The summed E-state index contributed by atoms with van der Waals surface area (Å²) in [6.45, 7) is 3.97. The fraction of sp³-hybridized carbons (Fsp3) is 0.259. The topological polar surface area (TPSA) is 93.1 Å². The number of phenolic OH excluding ortho intramolecular Hbond substituents is 1. The molecular formula is C27H30N3NaO4. The van der Waals surface area contributed by atoms with E-state index in [1.54, 1.807) is 24.3 Å². The van der Waals surface area contributed by atoms with Gasteiger partial charge in [-0.15, -0.1) is 0 Å². The van der Waals surface area contributed by atoms with Gasteiger partial charge in [0.05, 0.1) is 16.8 Å². The standard InChI is InChI=1S/C27H29N3O4.Na.H/c1-29(15-16-30-13-5-6-14-30)21-10-12-25(31)23(18-21)26(32)28-24-17-20(9-11-22(24)27(33)34)19-7-3-2-4-8-19;;/h2-4,7-12,17-18,31H,5-6,13-16H2,1H3,(H,28,32)(H,33,34);;. The van der Waals surface area contributed by atoms with Gasteiger partial charge in [-0.2, -0.15) is 0 Å². The second-order valence-electron chi connectivity index (χ2n) is 8.56. The number of hydrogen-bond donors (Lipinski definition) is 3. The quantitative estimate of drug-likeness (QED) is 0.421. The van der Waals surface area contributed by atoms with Gasteiger partial charge in [-0.05, 0) is 67.4 Å².